The highest BCUT2D eigenvalue weighted by Gasteiger charge is 2.27. The van der Waals surface area contributed by atoms with E-state index in [9.17, 15) is 9.59 Å². The first-order chi connectivity index (χ1) is 14.5. The highest BCUT2D eigenvalue weighted by atomic mass is 16.6. The highest BCUT2D eigenvalue weighted by Crippen LogP contribution is 2.38. The number of hydrogen-bond acceptors (Lipinski definition) is 4. The third-order valence-electron chi connectivity index (χ3n) is 4.97. The zero-order valence-electron chi connectivity index (χ0n) is 17.1. The molecule has 154 valence electrons. The number of anilines is 3. The predicted octanol–water partition coefficient (Wildman–Crippen LogP) is 5.24. The number of carbonyl (C=O) groups excluding carboxylic acids is 2. The van der Waals surface area contributed by atoms with E-state index in [-0.39, 0.29) is 18.4 Å². The molecule has 0 aliphatic carbocycles. The summed E-state index contributed by atoms with van der Waals surface area (Å²) in [5, 5.41) is 2.76. The Morgan fingerprint density at radius 2 is 1.80 bits per heavy atom. The normalized spacial score (nSPS) is 12.7. The van der Waals surface area contributed by atoms with Crippen LogP contribution in [0.5, 0.6) is 0 Å². The number of amides is 2. The average molecular weight is 404 g/mol. The molecule has 6 nitrogen and oxygen atoms in total. The Kier molecular flexibility index (Phi) is 5.57. The molecule has 0 saturated carbocycles. The van der Waals surface area contributed by atoms with Gasteiger partial charge in [0, 0.05) is 5.69 Å². The number of para-hydroxylation sites is 1. The summed E-state index contributed by atoms with van der Waals surface area (Å²) in [6, 6.07) is 17.1. The van der Waals surface area contributed by atoms with Crippen molar-refractivity contribution in [3.8, 4) is 0 Å². The van der Waals surface area contributed by atoms with Crippen molar-refractivity contribution in [2.75, 3.05) is 10.2 Å². The maximum Gasteiger partial charge on any atom is 0.411 e. The number of fused-ring (bicyclic) bond motifs is 2. The first kappa shape index (κ1) is 19.8. The van der Waals surface area contributed by atoms with Crippen LogP contribution < -0.4 is 10.2 Å². The second-order valence-electron chi connectivity index (χ2n) is 7.54. The zero-order chi connectivity index (χ0) is 21.1. The number of hydrogen-bond donors (Lipinski definition) is 1. The molecule has 2 amide bonds. The zero-order valence-corrected chi connectivity index (χ0v) is 17.1. The second-order valence-corrected chi connectivity index (χ2v) is 7.54. The van der Waals surface area contributed by atoms with E-state index >= 15 is 0 Å². The summed E-state index contributed by atoms with van der Waals surface area (Å²) in [7, 11) is 0. The summed E-state index contributed by atoms with van der Waals surface area (Å²) < 4.78 is 10.6. The molecular weight excluding hydrogens is 380 g/mol. The predicted molar refractivity (Wildman–Crippen MR) is 115 cm³/mol. The molecule has 1 aliphatic rings. The Balaban J connectivity index is 1.73. The third-order valence-corrected chi connectivity index (χ3v) is 4.97. The molecule has 0 unspecified atom stereocenters. The Labute approximate surface area is 175 Å². The Hall–Kier alpha value is -3.54. The maximum absolute atomic E-state index is 13.4. The van der Waals surface area contributed by atoms with Crippen LogP contribution in [-0.2, 0) is 28.8 Å². The minimum atomic E-state index is -0.521. The molecule has 30 heavy (non-hydrogen) atoms. The van der Waals surface area contributed by atoms with Gasteiger partial charge in [0.1, 0.15) is 5.76 Å². The largest absolute Gasteiger partial charge is 0.469 e. The number of benzene rings is 2. The van der Waals surface area contributed by atoms with Gasteiger partial charge in [-0.1, -0.05) is 24.3 Å². The molecule has 0 spiro atoms. The van der Waals surface area contributed by atoms with Crippen molar-refractivity contribution in [3.63, 3.8) is 0 Å². The number of furan rings is 1. The van der Waals surface area contributed by atoms with Crippen LogP contribution in [0.15, 0.2) is 65.3 Å². The summed E-state index contributed by atoms with van der Waals surface area (Å²) in [6.45, 7) is 3.59. The fourth-order valence-electron chi connectivity index (χ4n) is 3.67. The number of ether oxygens (including phenoxy) is 1. The molecule has 0 fully saturated rings. The van der Waals surface area contributed by atoms with Crippen LogP contribution in [0, 0.1) is 0 Å². The molecule has 3 aromatic rings. The van der Waals surface area contributed by atoms with Gasteiger partial charge in [0.15, 0.2) is 0 Å². The van der Waals surface area contributed by atoms with Gasteiger partial charge in [-0.05, 0) is 68.1 Å². The number of carbonyl (C=O) groups is 2. The van der Waals surface area contributed by atoms with Crippen molar-refractivity contribution in [1.29, 1.82) is 0 Å². The molecular formula is C24H24N2O4. The Morgan fingerprint density at radius 1 is 1.03 bits per heavy atom. The van der Waals surface area contributed by atoms with E-state index in [4.69, 9.17) is 9.15 Å². The second kappa shape index (κ2) is 8.45. The molecule has 0 radical (unpaired) electrons. The average Bonchev–Trinajstić information content (AvgIpc) is 3.14. The minimum absolute atomic E-state index is 0.0949. The molecule has 4 rings (SSSR count). The van der Waals surface area contributed by atoms with E-state index in [0.717, 1.165) is 35.3 Å². The van der Waals surface area contributed by atoms with Gasteiger partial charge < -0.3 is 9.15 Å². The lowest BCUT2D eigenvalue weighted by Gasteiger charge is -2.25. The summed E-state index contributed by atoms with van der Waals surface area (Å²) in [6.07, 6.45) is 2.60. The summed E-state index contributed by atoms with van der Waals surface area (Å²) in [5.41, 5.74) is 4.35. The first-order valence-electron chi connectivity index (χ1n) is 10.0. The SMILES string of the molecule is CC(C)OC(=O)Nc1ccc2c(c1)N(C(=O)Cc1ccco1)c1ccccc1CC2. The fourth-order valence-corrected chi connectivity index (χ4v) is 3.67. The topological polar surface area (TPSA) is 71.8 Å². The van der Waals surface area contributed by atoms with E-state index in [1.807, 2.05) is 42.5 Å². The van der Waals surface area contributed by atoms with Crippen LogP contribution >= 0.6 is 0 Å². The molecule has 2 aromatic carbocycles. The van der Waals surface area contributed by atoms with Crippen LogP contribution in [0.4, 0.5) is 21.9 Å². The van der Waals surface area contributed by atoms with E-state index in [0.29, 0.717) is 11.4 Å². The standard InChI is InChI=1S/C24H24N2O4/c1-16(2)30-24(28)25-19-12-11-18-10-9-17-6-3-4-8-21(17)26(22(18)14-19)23(27)15-20-7-5-13-29-20/h3-8,11-14,16H,9-10,15H2,1-2H3,(H,25,28). The highest BCUT2D eigenvalue weighted by molar-refractivity contribution is 6.03. The van der Waals surface area contributed by atoms with Crippen LogP contribution in [0.25, 0.3) is 0 Å². The number of rotatable bonds is 4. The van der Waals surface area contributed by atoms with Gasteiger partial charge in [-0.2, -0.15) is 0 Å². The fraction of sp³-hybridized carbons (Fsp3) is 0.250. The smallest absolute Gasteiger partial charge is 0.411 e. The van der Waals surface area contributed by atoms with Crippen LogP contribution in [-0.4, -0.2) is 18.1 Å². The van der Waals surface area contributed by atoms with Crippen molar-refractivity contribution in [1.82, 2.24) is 0 Å². The summed E-state index contributed by atoms with van der Waals surface area (Å²) >= 11 is 0. The van der Waals surface area contributed by atoms with Crippen LogP contribution in [0.1, 0.15) is 30.7 Å². The minimum Gasteiger partial charge on any atom is -0.469 e. The molecule has 0 atom stereocenters. The van der Waals surface area contributed by atoms with E-state index in [1.54, 1.807) is 37.1 Å². The van der Waals surface area contributed by atoms with Gasteiger partial charge in [-0.25, -0.2) is 4.79 Å². The van der Waals surface area contributed by atoms with Gasteiger partial charge in [-0.3, -0.25) is 15.0 Å². The molecule has 2 heterocycles. The summed E-state index contributed by atoms with van der Waals surface area (Å²) in [5.74, 6) is 0.514. The quantitative estimate of drug-likeness (QED) is 0.645. The lowest BCUT2D eigenvalue weighted by Crippen LogP contribution is -2.28. The molecule has 1 aliphatic heterocycles. The van der Waals surface area contributed by atoms with Crippen LogP contribution in [0.2, 0.25) is 0 Å². The Bertz CT molecular complexity index is 1060. The van der Waals surface area contributed by atoms with Gasteiger partial charge in [0.25, 0.3) is 0 Å². The lowest BCUT2D eigenvalue weighted by molar-refractivity contribution is -0.117. The van der Waals surface area contributed by atoms with Crippen LogP contribution in [0.3, 0.4) is 0 Å². The summed E-state index contributed by atoms with van der Waals surface area (Å²) in [4.78, 5) is 27.2. The molecule has 6 heteroatoms. The van der Waals surface area contributed by atoms with E-state index < -0.39 is 6.09 Å². The van der Waals surface area contributed by atoms with E-state index in [2.05, 4.69) is 5.32 Å². The van der Waals surface area contributed by atoms with Gasteiger partial charge in [0.05, 0.1) is 30.2 Å². The first-order valence-corrected chi connectivity index (χ1v) is 10.0. The molecule has 1 aromatic heterocycles. The molecule has 0 bridgehead atoms. The number of aryl methyl sites for hydroxylation is 2. The van der Waals surface area contributed by atoms with Gasteiger partial charge in [-0.15, -0.1) is 0 Å². The van der Waals surface area contributed by atoms with Crippen molar-refractivity contribution < 1.29 is 18.7 Å². The van der Waals surface area contributed by atoms with Gasteiger partial charge in [0.2, 0.25) is 5.91 Å². The number of nitrogens with zero attached hydrogens (tertiary/aromatic N) is 1. The van der Waals surface area contributed by atoms with Crippen molar-refractivity contribution in [3.05, 3.63) is 77.7 Å². The Morgan fingerprint density at radius 3 is 2.53 bits per heavy atom. The number of nitrogens with one attached hydrogen (secondary N) is 1. The van der Waals surface area contributed by atoms with Crippen molar-refractivity contribution >= 4 is 29.1 Å². The lowest BCUT2D eigenvalue weighted by atomic mass is 10.0. The maximum atomic E-state index is 13.4. The van der Waals surface area contributed by atoms with Gasteiger partial charge >= 0.3 is 6.09 Å². The van der Waals surface area contributed by atoms with E-state index in [1.165, 1.54) is 0 Å². The van der Waals surface area contributed by atoms with Crippen molar-refractivity contribution in [2.24, 2.45) is 0 Å². The van der Waals surface area contributed by atoms with Crippen molar-refractivity contribution in [2.45, 2.75) is 39.2 Å². The molecule has 0 saturated heterocycles. The molecule has 1 N–H and O–H groups in total. The monoisotopic (exact) mass is 404 g/mol. The third kappa shape index (κ3) is 4.22.